The van der Waals surface area contributed by atoms with E-state index in [1.54, 1.807) is 25.4 Å². The first-order valence-electron chi connectivity index (χ1n) is 10.3. The molecule has 2 heterocycles. The summed E-state index contributed by atoms with van der Waals surface area (Å²) in [5, 5.41) is 3.56. The molecule has 0 spiro atoms. The lowest BCUT2D eigenvalue weighted by Crippen LogP contribution is -2.35. The summed E-state index contributed by atoms with van der Waals surface area (Å²) in [6.07, 6.45) is 6.97. The average molecular weight is 491 g/mol. The van der Waals surface area contributed by atoms with Gasteiger partial charge in [-0.05, 0) is 24.3 Å². The summed E-state index contributed by atoms with van der Waals surface area (Å²) in [4.78, 5) is 21.2. The predicted octanol–water partition coefficient (Wildman–Crippen LogP) is 5.38. The second-order valence-corrected chi connectivity index (χ2v) is 8.21. The molecule has 172 valence electrons. The van der Waals surface area contributed by atoms with Gasteiger partial charge in [-0.15, -0.1) is 0 Å². The molecule has 0 radical (unpaired) electrons. The number of likely N-dealkylation sites (tertiary alicyclic amines) is 1. The molecular formula is C23H21Cl2FN4O3. The summed E-state index contributed by atoms with van der Waals surface area (Å²) >= 11 is 11.8. The van der Waals surface area contributed by atoms with E-state index in [-0.39, 0.29) is 21.8 Å². The van der Waals surface area contributed by atoms with Gasteiger partial charge >= 0.3 is 0 Å². The summed E-state index contributed by atoms with van der Waals surface area (Å²) < 4.78 is 26.3. The Labute approximate surface area is 200 Å². The van der Waals surface area contributed by atoms with E-state index in [4.69, 9.17) is 32.7 Å². The Hall–Kier alpha value is -3.10. The van der Waals surface area contributed by atoms with Crippen LogP contribution in [0.3, 0.4) is 0 Å². The molecule has 0 bridgehead atoms. The minimum Gasteiger partial charge on any atom is -0.493 e. The number of rotatable bonds is 7. The molecule has 4 rings (SSSR count). The van der Waals surface area contributed by atoms with Gasteiger partial charge in [0.15, 0.2) is 17.3 Å². The van der Waals surface area contributed by atoms with Crippen LogP contribution in [0.4, 0.5) is 15.9 Å². The number of nitrogens with zero attached hydrogens (tertiary/aromatic N) is 3. The molecule has 0 amide bonds. The molecule has 0 aliphatic carbocycles. The third-order valence-corrected chi connectivity index (χ3v) is 6.14. The van der Waals surface area contributed by atoms with Crippen molar-refractivity contribution in [1.82, 2.24) is 14.9 Å². The van der Waals surface area contributed by atoms with Gasteiger partial charge in [0.1, 0.15) is 24.5 Å². The highest BCUT2D eigenvalue weighted by Crippen LogP contribution is 2.37. The minimum absolute atomic E-state index is 0.0224. The molecule has 10 heteroatoms. The fourth-order valence-corrected chi connectivity index (χ4v) is 3.96. The molecule has 1 N–H and O–H groups in total. The smallest absolute Gasteiger partial charge is 0.166 e. The monoisotopic (exact) mass is 490 g/mol. The summed E-state index contributed by atoms with van der Waals surface area (Å²) in [5.41, 5.74) is 0.740. The Morgan fingerprint density at radius 2 is 1.97 bits per heavy atom. The molecule has 1 aliphatic rings. The lowest BCUT2D eigenvalue weighted by Gasteiger charge is -2.31. The van der Waals surface area contributed by atoms with Gasteiger partial charge in [0, 0.05) is 43.6 Å². The van der Waals surface area contributed by atoms with Crippen LogP contribution in [-0.2, 0) is 4.79 Å². The maximum absolute atomic E-state index is 14.6. The Kier molecular flexibility index (Phi) is 7.15. The van der Waals surface area contributed by atoms with Gasteiger partial charge in [-0.25, -0.2) is 14.4 Å². The van der Waals surface area contributed by atoms with Crippen LogP contribution in [0.2, 0.25) is 10.0 Å². The molecule has 7 nitrogen and oxygen atoms in total. The normalized spacial score (nSPS) is 14.6. The van der Waals surface area contributed by atoms with E-state index in [2.05, 4.69) is 20.2 Å². The van der Waals surface area contributed by atoms with Crippen LogP contribution in [0.1, 0.15) is 12.8 Å². The number of ether oxygens (including phenoxy) is 2. The van der Waals surface area contributed by atoms with E-state index in [1.807, 2.05) is 0 Å². The highest BCUT2D eigenvalue weighted by atomic mass is 35.5. The van der Waals surface area contributed by atoms with Crippen molar-refractivity contribution in [2.24, 2.45) is 0 Å². The van der Waals surface area contributed by atoms with Crippen LogP contribution in [0.15, 0.2) is 42.9 Å². The lowest BCUT2D eigenvalue weighted by atomic mass is 10.1. The second-order valence-electron chi connectivity index (χ2n) is 7.42. The van der Waals surface area contributed by atoms with E-state index in [0.717, 1.165) is 32.2 Å². The first kappa shape index (κ1) is 23.1. The zero-order valence-electron chi connectivity index (χ0n) is 17.7. The number of aromatic nitrogens is 2. The van der Waals surface area contributed by atoms with Gasteiger partial charge in [0.2, 0.25) is 0 Å². The van der Waals surface area contributed by atoms with Crippen LogP contribution in [0, 0.1) is 5.82 Å². The SMILES string of the molecule is COc1cc2ncnc(Nc3ccc(Cl)c(Cl)c3F)c2cc1OC1CCN(C=CC=O)CC1. The number of carbonyl (C=O) groups is 1. The number of halogens is 3. The standard InChI is InChI=1S/C23H21Cl2FN4O3/c1-32-19-12-18-15(11-20(19)33-14-5-8-30(9-6-14)7-2-10-31)23(28-13-27-18)29-17-4-3-16(24)21(25)22(17)26/h2-4,7,10-14H,5-6,8-9H2,1H3,(H,27,28,29). The van der Waals surface area contributed by atoms with Crippen LogP contribution in [0.5, 0.6) is 11.5 Å². The molecule has 1 saturated heterocycles. The van der Waals surface area contributed by atoms with Crippen molar-refractivity contribution >= 4 is 51.9 Å². The number of aldehydes is 1. The summed E-state index contributed by atoms with van der Waals surface area (Å²) in [5.74, 6) is 0.797. The summed E-state index contributed by atoms with van der Waals surface area (Å²) in [6.45, 7) is 1.55. The first-order valence-corrected chi connectivity index (χ1v) is 11.0. The molecule has 1 fully saturated rings. The van der Waals surface area contributed by atoms with Gasteiger partial charge < -0.3 is 19.7 Å². The Morgan fingerprint density at radius 1 is 1.18 bits per heavy atom. The zero-order chi connectivity index (χ0) is 23.4. The molecule has 0 saturated carbocycles. The maximum atomic E-state index is 14.6. The van der Waals surface area contributed by atoms with Crippen molar-refractivity contribution in [3.05, 3.63) is 58.7 Å². The van der Waals surface area contributed by atoms with E-state index in [1.165, 1.54) is 24.5 Å². The number of anilines is 2. The third-order valence-electron chi connectivity index (χ3n) is 5.35. The number of fused-ring (bicyclic) bond motifs is 1. The minimum atomic E-state index is -0.670. The largest absolute Gasteiger partial charge is 0.493 e. The van der Waals surface area contributed by atoms with Crippen molar-refractivity contribution in [1.29, 1.82) is 0 Å². The lowest BCUT2D eigenvalue weighted by molar-refractivity contribution is -0.104. The number of methoxy groups -OCH3 is 1. The molecule has 33 heavy (non-hydrogen) atoms. The van der Waals surface area contributed by atoms with Crippen LogP contribution >= 0.6 is 23.2 Å². The summed E-state index contributed by atoms with van der Waals surface area (Å²) in [7, 11) is 1.56. The van der Waals surface area contributed by atoms with Crippen LogP contribution in [-0.4, -0.2) is 47.5 Å². The molecule has 0 unspecified atom stereocenters. The van der Waals surface area contributed by atoms with Gasteiger partial charge in [-0.2, -0.15) is 0 Å². The van der Waals surface area contributed by atoms with E-state index in [9.17, 15) is 9.18 Å². The molecule has 2 aromatic carbocycles. The predicted molar refractivity (Wildman–Crippen MR) is 126 cm³/mol. The number of hydrogen-bond acceptors (Lipinski definition) is 7. The van der Waals surface area contributed by atoms with Crippen molar-refractivity contribution in [2.75, 3.05) is 25.5 Å². The van der Waals surface area contributed by atoms with Crippen molar-refractivity contribution in [3.63, 3.8) is 0 Å². The third kappa shape index (κ3) is 5.12. The van der Waals surface area contributed by atoms with Crippen molar-refractivity contribution in [3.8, 4) is 11.5 Å². The second kappa shape index (κ2) is 10.2. The number of hydrogen-bond donors (Lipinski definition) is 1. The Bertz CT molecular complexity index is 1200. The maximum Gasteiger partial charge on any atom is 0.166 e. The van der Waals surface area contributed by atoms with E-state index < -0.39 is 5.82 Å². The topological polar surface area (TPSA) is 76.6 Å². The summed E-state index contributed by atoms with van der Waals surface area (Å²) in [6, 6.07) is 6.54. The van der Waals surface area contributed by atoms with Crippen LogP contribution < -0.4 is 14.8 Å². The molecule has 1 aliphatic heterocycles. The average Bonchev–Trinajstić information content (AvgIpc) is 2.84. The number of allylic oxidation sites excluding steroid dienone is 1. The molecular weight excluding hydrogens is 470 g/mol. The number of piperidine rings is 1. The zero-order valence-corrected chi connectivity index (χ0v) is 19.2. The van der Waals surface area contributed by atoms with Gasteiger partial charge in [-0.1, -0.05) is 23.2 Å². The molecule has 0 atom stereocenters. The molecule has 1 aromatic heterocycles. The van der Waals surface area contributed by atoms with Gasteiger partial charge in [0.05, 0.1) is 28.4 Å². The number of benzene rings is 2. The van der Waals surface area contributed by atoms with E-state index in [0.29, 0.717) is 28.2 Å². The highest BCUT2D eigenvalue weighted by molar-refractivity contribution is 6.42. The first-order chi connectivity index (χ1) is 16.0. The van der Waals surface area contributed by atoms with Crippen LogP contribution in [0.25, 0.3) is 10.9 Å². The van der Waals surface area contributed by atoms with Crippen molar-refractivity contribution in [2.45, 2.75) is 18.9 Å². The Balaban J connectivity index is 1.61. The highest BCUT2D eigenvalue weighted by Gasteiger charge is 2.21. The number of nitrogens with one attached hydrogen (secondary N) is 1. The fraction of sp³-hybridized carbons (Fsp3) is 0.261. The van der Waals surface area contributed by atoms with Crippen molar-refractivity contribution < 1.29 is 18.7 Å². The quantitative estimate of drug-likeness (QED) is 0.270. The van der Waals surface area contributed by atoms with Gasteiger partial charge in [-0.3, -0.25) is 4.79 Å². The molecule has 3 aromatic rings. The van der Waals surface area contributed by atoms with E-state index >= 15 is 0 Å². The Morgan fingerprint density at radius 3 is 2.70 bits per heavy atom. The fourth-order valence-electron chi connectivity index (χ4n) is 3.64. The number of carbonyl (C=O) groups excluding carboxylic acids is 1. The van der Waals surface area contributed by atoms with Gasteiger partial charge in [0.25, 0.3) is 0 Å².